The Balaban J connectivity index is 1.45. The second kappa shape index (κ2) is 7.76. The summed E-state index contributed by atoms with van der Waals surface area (Å²) in [6, 6.07) is 34.4. The molecule has 0 saturated carbocycles. The van der Waals surface area contributed by atoms with E-state index in [0.29, 0.717) is 6.61 Å². The van der Waals surface area contributed by atoms with E-state index in [1.165, 1.54) is 38.1 Å². The van der Waals surface area contributed by atoms with Gasteiger partial charge in [0.15, 0.2) is 5.17 Å². The fraction of sp³-hybridized carbons (Fsp3) is 0.194. The van der Waals surface area contributed by atoms with Crippen molar-refractivity contribution in [3.8, 4) is 5.75 Å². The largest absolute Gasteiger partial charge is 0.493 e. The van der Waals surface area contributed by atoms with Gasteiger partial charge in [-0.25, -0.2) is 0 Å². The number of nitrogens with zero attached hydrogens (tertiary/aromatic N) is 2. The van der Waals surface area contributed by atoms with E-state index in [0.717, 1.165) is 10.9 Å². The summed E-state index contributed by atoms with van der Waals surface area (Å²) in [5, 5.41) is 3.56. The van der Waals surface area contributed by atoms with Crippen LogP contribution in [-0.2, 0) is 0 Å². The predicted octanol–water partition coefficient (Wildman–Crippen LogP) is 7.61. The number of hydrogen-bond donors (Lipinski definition) is 0. The van der Waals surface area contributed by atoms with Gasteiger partial charge >= 0.3 is 0 Å². The lowest BCUT2D eigenvalue weighted by Crippen LogP contribution is -2.56. The minimum absolute atomic E-state index is 0.0609. The van der Waals surface area contributed by atoms with Crippen molar-refractivity contribution in [3.63, 3.8) is 0 Å². The van der Waals surface area contributed by atoms with Crippen LogP contribution in [0.4, 0.5) is 0 Å². The lowest BCUT2D eigenvalue weighted by Gasteiger charge is -2.51. The quantitative estimate of drug-likeness (QED) is 0.299. The summed E-state index contributed by atoms with van der Waals surface area (Å²) in [5.41, 5.74) is 4.74. The fourth-order valence-corrected chi connectivity index (χ4v) is 7.18. The second-order valence-electron chi connectivity index (χ2n) is 9.97. The van der Waals surface area contributed by atoms with Gasteiger partial charge in [-0.3, -0.25) is 4.99 Å². The Morgan fingerprint density at radius 1 is 0.829 bits per heavy atom. The van der Waals surface area contributed by atoms with E-state index in [2.05, 4.69) is 116 Å². The highest BCUT2D eigenvalue weighted by Crippen LogP contribution is 2.57. The first-order valence-electron chi connectivity index (χ1n) is 12.2. The summed E-state index contributed by atoms with van der Waals surface area (Å²) in [4.78, 5) is 9.24. The van der Waals surface area contributed by atoms with Crippen LogP contribution in [0.25, 0.3) is 21.4 Å². The molecule has 3 aliphatic heterocycles. The zero-order valence-electron chi connectivity index (χ0n) is 19.8. The molecule has 0 spiro atoms. The number of hydrogen-bond acceptors (Lipinski definition) is 4. The number of aliphatic imine (C=N–C) groups is 1. The minimum atomic E-state index is -0.189. The molecule has 0 aromatic heterocycles. The first-order valence-corrected chi connectivity index (χ1v) is 13.0. The van der Waals surface area contributed by atoms with Crippen LogP contribution in [-0.4, -0.2) is 22.2 Å². The normalized spacial score (nSPS) is 22.2. The van der Waals surface area contributed by atoms with Gasteiger partial charge in [0.1, 0.15) is 5.75 Å². The minimum Gasteiger partial charge on any atom is -0.493 e. The SMILES string of the molecule is CC1(C)[C@H]2COc3ccc4ccccc4c3[C@H]2N=C2SC(c3ccccc3)=C(c3ccccc3)N21. The molecule has 7 rings (SSSR count). The van der Waals surface area contributed by atoms with E-state index in [9.17, 15) is 0 Å². The highest BCUT2D eigenvalue weighted by Gasteiger charge is 2.53. The third kappa shape index (κ3) is 3.09. The van der Waals surface area contributed by atoms with Crippen LogP contribution in [0.3, 0.4) is 0 Å². The standard InChI is InChI=1S/C31H26N2OS/c1-31(2)24-19-34-25-18-17-20-11-9-10-16-23(20)26(25)27(24)32-30-33(31)28(21-12-5-3-6-13-21)29(35-30)22-14-7-4-8-15-22/h3-18,24,27H,19H2,1-2H3/t24-,27-/m0/s1. The van der Waals surface area contributed by atoms with Crippen LogP contribution in [0.2, 0.25) is 0 Å². The van der Waals surface area contributed by atoms with E-state index in [1.54, 1.807) is 11.8 Å². The highest BCUT2D eigenvalue weighted by atomic mass is 32.2. The highest BCUT2D eigenvalue weighted by molar-refractivity contribution is 8.22. The summed E-state index contributed by atoms with van der Waals surface area (Å²) >= 11 is 1.80. The van der Waals surface area contributed by atoms with Gasteiger partial charge in [0.2, 0.25) is 0 Å². The molecule has 0 saturated heterocycles. The topological polar surface area (TPSA) is 24.8 Å². The molecule has 3 aliphatic rings. The number of fused-ring (bicyclic) bond motifs is 6. The number of benzene rings is 4. The van der Waals surface area contributed by atoms with E-state index in [-0.39, 0.29) is 17.5 Å². The smallest absolute Gasteiger partial charge is 0.169 e. The maximum atomic E-state index is 6.42. The van der Waals surface area contributed by atoms with Crippen LogP contribution < -0.4 is 4.74 Å². The summed E-state index contributed by atoms with van der Waals surface area (Å²) in [6.07, 6.45) is 0. The van der Waals surface area contributed by atoms with Crippen molar-refractivity contribution in [2.24, 2.45) is 10.9 Å². The van der Waals surface area contributed by atoms with Gasteiger partial charge in [-0.1, -0.05) is 91.0 Å². The second-order valence-corrected chi connectivity index (χ2v) is 11.0. The van der Waals surface area contributed by atoms with Gasteiger partial charge in [-0.05, 0) is 53.6 Å². The lowest BCUT2D eigenvalue weighted by molar-refractivity contribution is 0.0755. The first-order chi connectivity index (χ1) is 17.1. The number of thioether (sulfide) groups is 1. The summed E-state index contributed by atoms with van der Waals surface area (Å²) in [5.74, 6) is 1.19. The molecule has 2 atom stereocenters. The Hall–Kier alpha value is -3.50. The Morgan fingerprint density at radius 2 is 1.51 bits per heavy atom. The van der Waals surface area contributed by atoms with Crippen molar-refractivity contribution in [1.82, 2.24) is 4.90 Å². The zero-order valence-corrected chi connectivity index (χ0v) is 20.6. The Bertz CT molecular complexity index is 1510. The number of rotatable bonds is 2. The molecule has 35 heavy (non-hydrogen) atoms. The van der Waals surface area contributed by atoms with Crippen molar-refractivity contribution in [2.45, 2.75) is 25.4 Å². The third-order valence-electron chi connectivity index (χ3n) is 7.67. The van der Waals surface area contributed by atoms with E-state index < -0.39 is 0 Å². The van der Waals surface area contributed by atoms with Crippen molar-refractivity contribution >= 4 is 38.3 Å². The van der Waals surface area contributed by atoms with Crippen molar-refractivity contribution in [3.05, 3.63) is 114 Å². The Kier molecular flexibility index (Phi) is 4.62. The van der Waals surface area contributed by atoms with Gasteiger partial charge < -0.3 is 9.64 Å². The van der Waals surface area contributed by atoms with Crippen molar-refractivity contribution in [1.29, 1.82) is 0 Å². The van der Waals surface area contributed by atoms with Gasteiger partial charge in [0.05, 0.1) is 18.3 Å². The molecular weight excluding hydrogens is 448 g/mol. The molecule has 4 aromatic carbocycles. The summed E-state index contributed by atoms with van der Waals surface area (Å²) in [7, 11) is 0. The zero-order chi connectivity index (χ0) is 23.6. The van der Waals surface area contributed by atoms with Gasteiger partial charge in [0, 0.05) is 21.9 Å². The molecule has 4 aromatic rings. The van der Waals surface area contributed by atoms with Gasteiger partial charge in [-0.15, -0.1) is 0 Å². The molecule has 4 heteroatoms. The Labute approximate surface area is 210 Å². The molecular formula is C31H26N2OS. The molecule has 0 N–H and O–H groups in total. The van der Waals surface area contributed by atoms with Gasteiger partial charge in [-0.2, -0.15) is 0 Å². The predicted molar refractivity (Wildman–Crippen MR) is 146 cm³/mol. The van der Waals surface area contributed by atoms with E-state index in [4.69, 9.17) is 9.73 Å². The van der Waals surface area contributed by atoms with Crippen LogP contribution in [0.15, 0.2) is 102 Å². The molecule has 0 amide bonds. The Morgan fingerprint density at radius 3 is 2.29 bits per heavy atom. The summed E-state index contributed by atoms with van der Waals surface area (Å²) in [6.45, 7) is 5.37. The first kappa shape index (κ1) is 20.8. The molecule has 3 heterocycles. The molecule has 0 radical (unpaired) electrons. The molecule has 0 fully saturated rings. The monoisotopic (exact) mass is 474 g/mol. The maximum absolute atomic E-state index is 6.42. The molecule has 3 nitrogen and oxygen atoms in total. The maximum Gasteiger partial charge on any atom is 0.169 e. The van der Waals surface area contributed by atoms with Crippen molar-refractivity contribution < 1.29 is 4.74 Å². The number of ether oxygens (including phenoxy) is 1. The molecule has 172 valence electrons. The van der Waals surface area contributed by atoms with Crippen molar-refractivity contribution in [2.75, 3.05) is 6.61 Å². The number of amidine groups is 1. The summed E-state index contributed by atoms with van der Waals surface area (Å²) < 4.78 is 6.42. The average molecular weight is 475 g/mol. The lowest BCUT2D eigenvalue weighted by atomic mass is 9.74. The van der Waals surface area contributed by atoms with Crippen LogP contribution in [0, 0.1) is 5.92 Å². The van der Waals surface area contributed by atoms with Gasteiger partial charge in [0.25, 0.3) is 0 Å². The average Bonchev–Trinajstić information content (AvgIpc) is 3.30. The van der Waals surface area contributed by atoms with Crippen LogP contribution in [0.1, 0.15) is 36.6 Å². The van der Waals surface area contributed by atoms with E-state index >= 15 is 0 Å². The molecule has 0 unspecified atom stereocenters. The third-order valence-corrected chi connectivity index (χ3v) is 8.77. The fourth-order valence-electron chi connectivity index (χ4n) is 5.85. The molecule has 0 aliphatic carbocycles. The van der Waals surface area contributed by atoms with Crippen LogP contribution >= 0.6 is 11.8 Å². The molecule has 0 bridgehead atoms. The van der Waals surface area contributed by atoms with E-state index in [1.807, 2.05) is 0 Å². The van der Waals surface area contributed by atoms with Crippen LogP contribution in [0.5, 0.6) is 5.75 Å².